The van der Waals surface area contributed by atoms with Gasteiger partial charge in [0.1, 0.15) is 5.82 Å². The molecule has 0 spiro atoms. The van der Waals surface area contributed by atoms with E-state index in [1.54, 1.807) is 6.92 Å². The zero-order chi connectivity index (χ0) is 14.0. The van der Waals surface area contributed by atoms with Crippen LogP contribution in [0.1, 0.15) is 19.4 Å². The number of anilines is 1. The van der Waals surface area contributed by atoms with Gasteiger partial charge in [-0.1, -0.05) is 13.8 Å². The first kappa shape index (κ1) is 13.8. The van der Waals surface area contributed by atoms with Gasteiger partial charge in [-0.3, -0.25) is 0 Å². The molecule has 104 valence electrons. The molecule has 2 aromatic rings. The quantitative estimate of drug-likeness (QED) is 0.902. The number of nitrogen functional groups attached to an aromatic ring is 1. The van der Waals surface area contributed by atoms with Crippen molar-refractivity contribution in [2.75, 3.05) is 25.4 Å². The van der Waals surface area contributed by atoms with Crippen molar-refractivity contribution >= 4 is 17.0 Å². The second-order valence-electron chi connectivity index (χ2n) is 4.74. The third-order valence-electron chi connectivity index (χ3n) is 3.59. The van der Waals surface area contributed by atoms with E-state index in [0.717, 1.165) is 31.7 Å². The molecular formula is C14H21FN4. The van der Waals surface area contributed by atoms with E-state index in [-0.39, 0.29) is 5.82 Å². The Morgan fingerprint density at radius 3 is 2.63 bits per heavy atom. The minimum Gasteiger partial charge on any atom is -0.369 e. The molecule has 1 aromatic heterocycles. The van der Waals surface area contributed by atoms with Crippen LogP contribution in [0.3, 0.4) is 0 Å². The molecule has 2 rings (SSSR count). The highest BCUT2D eigenvalue weighted by molar-refractivity contribution is 5.79. The van der Waals surface area contributed by atoms with Crippen molar-refractivity contribution in [2.45, 2.75) is 27.3 Å². The van der Waals surface area contributed by atoms with Gasteiger partial charge in [-0.2, -0.15) is 0 Å². The SMILES string of the molecule is CCN(CC)CCn1c(N)nc2cc(F)c(C)cc21. The predicted octanol–water partition coefficient (Wildman–Crippen LogP) is 2.41. The van der Waals surface area contributed by atoms with E-state index in [4.69, 9.17) is 5.73 Å². The summed E-state index contributed by atoms with van der Waals surface area (Å²) < 4.78 is 15.5. The smallest absolute Gasteiger partial charge is 0.201 e. The van der Waals surface area contributed by atoms with Crippen LogP contribution in [0.15, 0.2) is 12.1 Å². The highest BCUT2D eigenvalue weighted by Gasteiger charge is 2.11. The Morgan fingerprint density at radius 1 is 1.32 bits per heavy atom. The van der Waals surface area contributed by atoms with Gasteiger partial charge in [0.05, 0.1) is 11.0 Å². The van der Waals surface area contributed by atoms with Crippen LogP contribution >= 0.6 is 0 Å². The lowest BCUT2D eigenvalue weighted by Gasteiger charge is -2.18. The van der Waals surface area contributed by atoms with Gasteiger partial charge in [-0.25, -0.2) is 9.37 Å². The Morgan fingerprint density at radius 2 is 2.00 bits per heavy atom. The Labute approximate surface area is 113 Å². The fraction of sp³-hybridized carbons (Fsp3) is 0.500. The minimum atomic E-state index is -0.235. The second kappa shape index (κ2) is 5.57. The molecule has 0 atom stereocenters. The lowest BCUT2D eigenvalue weighted by molar-refractivity contribution is 0.292. The molecule has 0 amide bonds. The molecule has 1 aromatic carbocycles. The highest BCUT2D eigenvalue weighted by atomic mass is 19.1. The van der Waals surface area contributed by atoms with Gasteiger partial charge in [-0.05, 0) is 31.6 Å². The monoisotopic (exact) mass is 264 g/mol. The average Bonchev–Trinajstić information content (AvgIpc) is 2.67. The van der Waals surface area contributed by atoms with E-state index in [1.165, 1.54) is 6.07 Å². The van der Waals surface area contributed by atoms with Crippen molar-refractivity contribution in [3.8, 4) is 0 Å². The highest BCUT2D eigenvalue weighted by Crippen LogP contribution is 2.21. The van der Waals surface area contributed by atoms with Gasteiger partial charge in [0.15, 0.2) is 0 Å². The van der Waals surface area contributed by atoms with E-state index in [2.05, 4.69) is 23.7 Å². The zero-order valence-corrected chi connectivity index (χ0v) is 11.8. The summed E-state index contributed by atoms with van der Waals surface area (Å²) in [6, 6.07) is 3.27. The maximum atomic E-state index is 13.5. The van der Waals surface area contributed by atoms with Crippen LogP contribution in [-0.4, -0.2) is 34.1 Å². The molecule has 0 fully saturated rings. The van der Waals surface area contributed by atoms with E-state index in [9.17, 15) is 4.39 Å². The summed E-state index contributed by atoms with van der Waals surface area (Å²) in [6.45, 7) is 9.74. The summed E-state index contributed by atoms with van der Waals surface area (Å²) >= 11 is 0. The normalized spacial score (nSPS) is 11.6. The van der Waals surface area contributed by atoms with Crippen molar-refractivity contribution in [3.63, 3.8) is 0 Å². The van der Waals surface area contributed by atoms with Gasteiger partial charge < -0.3 is 15.2 Å². The topological polar surface area (TPSA) is 47.1 Å². The molecule has 1 heterocycles. The number of fused-ring (bicyclic) bond motifs is 1. The second-order valence-corrected chi connectivity index (χ2v) is 4.74. The molecule has 0 aliphatic carbocycles. The van der Waals surface area contributed by atoms with Crippen molar-refractivity contribution in [1.29, 1.82) is 0 Å². The number of likely N-dealkylation sites (N-methyl/N-ethyl adjacent to an activating group) is 1. The first-order chi connectivity index (χ1) is 9.06. The van der Waals surface area contributed by atoms with Gasteiger partial charge in [0.25, 0.3) is 0 Å². The number of nitrogens with zero attached hydrogens (tertiary/aromatic N) is 3. The number of aromatic nitrogens is 2. The predicted molar refractivity (Wildman–Crippen MR) is 76.6 cm³/mol. The Kier molecular flexibility index (Phi) is 4.04. The van der Waals surface area contributed by atoms with Crippen LogP contribution in [0.2, 0.25) is 0 Å². The fourth-order valence-corrected chi connectivity index (χ4v) is 2.28. The summed E-state index contributed by atoms with van der Waals surface area (Å²) in [5, 5.41) is 0. The van der Waals surface area contributed by atoms with Crippen LogP contribution in [-0.2, 0) is 6.54 Å². The van der Waals surface area contributed by atoms with E-state index >= 15 is 0 Å². The summed E-state index contributed by atoms with van der Waals surface area (Å²) in [4.78, 5) is 6.55. The maximum absolute atomic E-state index is 13.5. The van der Waals surface area contributed by atoms with Gasteiger partial charge in [0.2, 0.25) is 5.95 Å². The number of halogens is 1. The lowest BCUT2D eigenvalue weighted by atomic mass is 10.2. The third kappa shape index (κ3) is 2.71. The summed E-state index contributed by atoms with van der Waals surface area (Å²) in [6.07, 6.45) is 0. The number of aryl methyl sites for hydroxylation is 1. The molecule has 0 aliphatic rings. The minimum absolute atomic E-state index is 0.235. The Bertz CT molecular complexity index is 572. The van der Waals surface area contributed by atoms with Crippen molar-refractivity contribution in [3.05, 3.63) is 23.5 Å². The number of hydrogen-bond acceptors (Lipinski definition) is 3. The molecule has 0 saturated heterocycles. The third-order valence-corrected chi connectivity index (χ3v) is 3.59. The van der Waals surface area contributed by atoms with Crippen molar-refractivity contribution in [2.24, 2.45) is 0 Å². The molecule has 5 heteroatoms. The van der Waals surface area contributed by atoms with Gasteiger partial charge in [0, 0.05) is 19.2 Å². The van der Waals surface area contributed by atoms with Crippen LogP contribution in [0.5, 0.6) is 0 Å². The molecule has 0 aliphatic heterocycles. The largest absolute Gasteiger partial charge is 0.369 e. The number of imidazole rings is 1. The first-order valence-corrected chi connectivity index (χ1v) is 6.71. The molecule has 4 nitrogen and oxygen atoms in total. The van der Waals surface area contributed by atoms with Crippen LogP contribution in [0.25, 0.3) is 11.0 Å². The van der Waals surface area contributed by atoms with Crippen molar-refractivity contribution < 1.29 is 4.39 Å². The van der Waals surface area contributed by atoms with E-state index in [1.807, 2.05) is 10.6 Å². The summed E-state index contributed by atoms with van der Waals surface area (Å²) in [5.41, 5.74) is 8.09. The Hall–Kier alpha value is -1.62. The molecule has 19 heavy (non-hydrogen) atoms. The molecule has 0 bridgehead atoms. The first-order valence-electron chi connectivity index (χ1n) is 6.71. The average molecular weight is 264 g/mol. The maximum Gasteiger partial charge on any atom is 0.201 e. The van der Waals surface area contributed by atoms with Gasteiger partial charge >= 0.3 is 0 Å². The Balaban J connectivity index is 2.32. The van der Waals surface area contributed by atoms with Crippen molar-refractivity contribution in [1.82, 2.24) is 14.5 Å². The number of hydrogen-bond donors (Lipinski definition) is 1. The molecular weight excluding hydrogens is 243 g/mol. The number of rotatable bonds is 5. The van der Waals surface area contributed by atoms with Crippen LogP contribution in [0, 0.1) is 12.7 Å². The van der Waals surface area contributed by atoms with E-state index < -0.39 is 0 Å². The standard InChI is InChI=1S/C14H21FN4/c1-4-18(5-2)6-7-19-13-8-10(3)11(15)9-12(13)17-14(19)16/h8-9H,4-7H2,1-3H3,(H2,16,17). The number of nitrogens with two attached hydrogens (primary N) is 1. The van der Waals surface area contributed by atoms with Gasteiger partial charge in [-0.15, -0.1) is 0 Å². The lowest BCUT2D eigenvalue weighted by Crippen LogP contribution is -2.27. The summed E-state index contributed by atoms with van der Waals surface area (Å²) in [7, 11) is 0. The fourth-order valence-electron chi connectivity index (χ4n) is 2.28. The molecule has 2 N–H and O–H groups in total. The van der Waals surface area contributed by atoms with Crippen LogP contribution in [0.4, 0.5) is 10.3 Å². The van der Waals surface area contributed by atoms with E-state index in [0.29, 0.717) is 17.0 Å². The molecule has 0 saturated carbocycles. The zero-order valence-electron chi connectivity index (χ0n) is 11.8. The van der Waals surface area contributed by atoms with Crippen LogP contribution < -0.4 is 5.73 Å². The molecule has 0 unspecified atom stereocenters. The summed E-state index contributed by atoms with van der Waals surface area (Å²) in [5.74, 6) is 0.216. The molecule has 0 radical (unpaired) electrons. The number of benzene rings is 1.